The summed E-state index contributed by atoms with van der Waals surface area (Å²) in [6.07, 6.45) is -2.88. The number of aryl methyl sites for hydroxylation is 1. The summed E-state index contributed by atoms with van der Waals surface area (Å²) in [7, 11) is -0.436. The monoisotopic (exact) mass is 518 g/mol. The lowest BCUT2D eigenvalue weighted by Crippen LogP contribution is -2.59. The summed E-state index contributed by atoms with van der Waals surface area (Å²) in [5.41, 5.74) is 1.70. The van der Waals surface area contributed by atoms with Crippen molar-refractivity contribution in [3.63, 3.8) is 0 Å². The van der Waals surface area contributed by atoms with E-state index in [0.29, 0.717) is 0 Å². The number of hydrogen-bond acceptors (Lipinski definition) is 9. The Balaban J connectivity index is 1.84. The number of rotatable bonds is 9. The fourth-order valence-corrected chi connectivity index (χ4v) is 7.42. The van der Waals surface area contributed by atoms with Crippen molar-refractivity contribution in [2.24, 2.45) is 11.8 Å². The summed E-state index contributed by atoms with van der Waals surface area (Å²) < 4.78 is 54.3. The molecular formula is C26H30O9S. The Hall–Kier alpha value is -2.79. The number of benzene rings is 2. The summed E-state index contributed by atoms with van der Waals surface area (Å²) in [5, 5.41) is 0. The summed E-state index contributed by atoms with van der Waals surface area (Å²) in [6.45, 7) is 1.92. The summed E-state index contributed by atoms with van der Waals surface area (Å²) in [4.78, 5) is 26.0. The normalized spacial score (nSPS) is 27.2. The maximum atomic E-state index is 14.1. The van der Waals surface area contributed by atoms with Crippen LogP contribution in [0.25, 0.3) is 0 Å². The number of carbonyl (C=O) groups is 2. The van der Waals surface area contributed by atoms with Crippen molar-refractivity contribution in [1.29, 1.82) is 0 Å². The molecular weight excluding hydrogens is 488 g/mol. The molecule has 10 heteroatoms. The average molecular weight is 519 g/mol. The molecule has 9 nitrogen and oxygen atoms in total. The van der Waals surface area contributed by atoms with E-state index < -0.39 is 56.9 Å². The Kier molecular flexibility index (Phi) is 7.51. The highest BCUT2D eigenvalue weighted by atomic mass is 32.2. The van der Waals surface area contributed by atoms with E-state index in [2.05, 4.69) is 0 Å². The highest BCUT2D eigenvalue weighted by Gasteiger charge is 2.77. The number of ether oxygens (including phenoxy) is 5. The second-order valence-corrected chi connectivity index (χ2v) is 11.3. The first-order valence-electron chi connectivity index (χ1n) is 11.5. The molecule has 194 valence electrons. The van der Waals surface area contributed by atoms with Crippen LogP contribution in [0.3, 0.4) is 0 Å². The second kappa shape index (κ2) is 10.3. The number of carbonyl (C=O) groups excluding carboxylic acids is 2. The van der Waals surface area contributed by atoms with Crippen LogP contribution in [0.15, 0.2) is 59.5 Å². The van der Waals surface area contributed by atoms with Crippen molar-refractivity contribution >= 4 is 21.8 Å². The van der Waals surface area contributed by atoms with Gasteiger partial charge in [-0.25, -0.2) is 8.42 Å². The van der Waals surface area contributed by atoms with Crippen LogP contribution in [0.1, 0.15) is 17.5 Å². The maximum Gasteiger partial charge on any atom is 0.320 e. The standard InChI is InChI=1S/C26H30O9S/c1-16-10-12-18(13-11-16)36(29,30)26-14-19(26)35-25(33-4)22(34-15-17-8-6-5-7-9-17)21(26)20(23(27)31-2)24(28)32-3/h5-13,19-22,25H,14-15H2,1-4H3/t19-,21+,22+,25-,26+/m0/s1. The number of sulfone groups is 1. The van der Waals surface area contributed by atoms with E-state index in [1.54, 1.807) is 12.1 Å². The fraction of sp³-hybridized carbons (Fsp3) is 0.462. The summed E-state index contributed by atoms with van der Waals surface area (Å²) in [5.74, 6) is -4.61. The lowest BCUT2D eigenvalue weighted by Gasteiger charge is -2.43. The predicted octanol–water partition coefficient (Wildman–Crippen LogP) is 2.45. The molecule has 1 saturated heterocycles. The van der Waals surface area contributed by atoms with Gasteiger partial charge in [0, 0.05) is 13.0 Å². The van der Waals surface area contributed by atoms with Gasteiger partial charge in [0.2, 0.25) is 0 Å². The molecule has 1 saturated carbocycles. The third-order valence-electron chi connectivity index (χ3n) is 6.99. The van der Waals surface area contributed by atoms with Crippen LogP contribution in [0, 0.1) is 18.8 Å². The molecule has 0 spiro atoms. The Morgan fingerprint density at radius 2 is 1.61 bits per heavy atom. The topological polar surface area (TPSA) is 114 Å². The second-order valence-electron chi connectivity index (χ2n) is 9.02. The molecule has 0 amide bonds. The zero-order valence-corrected chi connectivity index (χ0v) is 21.4. The third-order valence-corrected chi connectivity index (χ3v) is 9.59. The Morgan fingerprint density at radius 1 is 1.00 bits per heavy atom. The average Bonchev–Trinajstić information content (AvgIpc) is 3.64. The predicted molar refractivity (Wildman–Crippen MR) is 127 cm³/mol. The molecule has 4 rings (SSSR count). The molecule has 5 atom stereocenters. The van der Waals surface area contributed by atoms with Crippen molar-refractivity contribution in [3.8, 4) is 0 Å². The molecule has 0 bridgehead atoms. The number of esters is 2. The van der Waals surface area contributed by atoms with Crippen LogP contribution < -0.4 is 0 Å². The molecule has 0 aromatic heterocycles. The van der Waals surface area contributed by atoms with E-state index in [0.717, 1.165) is 25.3 Å². The van der Waals surface area contributed by atoms with Crippen molar-refractivity contribution in [2.45, 2.75) is 48.1 Å². The first-order chi connectivity index (χ1) is 17.2. The quantitative estimate of drug-likeness (QED) is 0.365. The van der Waals surface area contributed by atoms with Gasteiger partial charge in [0.1, 0.15) is 10.9 Å². The molecule has 2 aromatic rings. The van der Waals surface area contributed by atoms with Crippen LogP contribution in [-0.4, -0.2) is 64.9 Å². The van der Waals surface area contributed by atoms with Crippen LogP contribution in [-0.2, 0) is 49.7 Å². The largest absolute Gasteiger partial charge is 0.468 e. The lowest BCUT2D eigenvalue weighted by atomic mass is 9.81. The smallest absolute Gasteiger partial charge is 0.320 e. The molecule has 1 aliphatic heterocycles. The van der Waals surface area contributed by atoms with Gasteiger partial charge in [-0.15, -0.1) is 0 Å². The molecule has 2 aromatic carbocycles. The SMILES string of the molecule is COC(=O)C(C(=O)OC)[C@@H]1[C@@H](OCc2ccccc2)[C@@H](OC)O[C@H]2C[C@@]21S(=O)(=O)c1ccc(C)cc1. The van der Waals surface area contributed by atoms with Gasteiger partial charge < -0.3 is 23.7 Å². The van der Waals surface area contributed by atoms with E-state index in [-0.39, 0.29) is 17.9 Å². The Bertz CT molecular complexity index is 1180. The van der Waals surface area contributed by atoms with E-state index in [1.165, 1.54) is 19.2 Å². The number of methoxy groups -OCH3 is 3. The van der Waals surface area contributed by atoms with E-state index in [4.69, 9.17) is 23.7 Å². The Morgan fingerprint density at radius 3 is 2.17 bits per heavy atom. The van der Waals surface area contributed by atoms with Crippen LogP contribution in [0.5, 0.6) is 0 Å². The van der Waals surface area contributed by atoms with Gasteiger partial charge in [-0.1, -0.05) is 48.0 Å². The summed E-state index contributed by atoms with van der Waals surface area (Å²) >= 11 is 0. The lowest BCUT2D eigenvalue weighted by molar-refractivity contribution is -0.245. The number of fused-ring (bicyclic) bond motifs is 1. The minimum atomic E-state index is -4.11. The molecule has 2 aliphatic rings. The third kappa shape index (κ3) is 4.43. The van der Waals surface area contributed by atoms with Crippen molar-refractivity contribution < 1.29 is 41.7 Å². The van der Waals surface area contributed by atoms with Crippen molar-refractivity contribution in [1.82, 2.24) is 0 Å². The highest BCUT2D eigenvalue weighted by molar-refractivity contribution is 7.93. The molecule has 36 heavy (non-hydrogen) atoms. The first-order valence-corrected chi connectivity index (χ1v) is 13.0. The minimum absolute atomic E-state index is 0.0590. The molecule has 1 aliphatic carbocycles. The first kappa shape index (κ1) is 26.3. The van der Waals surface area contributed by atoms with Crippen molar-refractivity contribution in [2.75, 3.05) is 21.3 Å². The summed E-state index contributed by atoms with van der Waals surface area (Å²) in [6, 6.07) is 15.6. The van der Waals surface area contributed by atoms with Gasteiger partial charge in [-0.3, -0.25) is 9.59 Å². The van der Waals surface area contributed by atoms with Crippen LogP contribution in [0.4, 0.5) is 0 Å². The minimum Gasteiger partial charge on any atom is -0.468 e. The maximum absolute atomic E-state index is 14.1. The highest BCUT2D eigenvalue weighted by Crippen LogP contribution is 2.61. The van der Waals surface area contributed by atoms with Crippen LogP contribution >= 0.6 is 0 Å². The van der Waals surface area contributed by atoms with Gasteiger partial charge in [0.05, 0.1) is 31.8 Å². The van der Waals surface area contributed by atoms with E-state index >= 15 is 0 Å². The van der Waals surface area contributed by atoms with E-state index in [9.17, 15) is 18.0 Å². The van der Waals surface area contributed by atoms with Gasteiger partial charge in [-0.2, -0.15) is 0 Å². The molecule has 0 N–H and O–H groups in total. The fourth-order valence-electron chi connectivity index (χ4n) is 5.08. The van der Waals surface area contributed by atoms with E-state index in [1.807, 2.05) is 37.3 Å². The molecule has 1 heterocycles. The van der Waals surface area contributed by atoms with Crippen molar-refractivity contribution in [3.05, 3.63) is 65.7 Å². The Labute approximate surface area is 210 Å². The molecule has 0 unspecified atom stereocenters. The van der Waals surface area contributed by atoms with Gasteiger partial charge in [0.15, 0.2) is 22.0 Å². The van der Waals surface area contributed by atoms with Gasteiger partial charge in [-0.05, 0) is 31.0 Å². The molecule has 2 fully saturated rings. The zero-order chi connectivity index (χ0) is 26.1. The van der Waals surface area contributed by atoms with Crippen LogP contribution in [0.2, 0.25) is 0 Å². The van der Waals surface area contributed by atoms with Gasteiger partial charge >= 0.3 is 11.9 Å². The number of hydrogen-bond donors (Lipinski definition) is 0. The zero-order valence-electron chi connectivity index (χ0n) is 20.6. The molecule has 0 radical (unpaired) electrons. The van der Waals surface area contributed by atoms with Gasteiger partial charge in [0.25, 0.3) is 0 Å².